The summed E-state index contributed by atoms with van der Waals surface area (Å²) in [6.45, 7) is 0. The average Bonchev–Trinajstić information content (AvgIpc) is 2.29. The van der Waals surface area contributed by atoms with Crippen molar-refractivity contribution in [2.24, 2.45) is 0 Å². The van der Waals surface area contributed by atoms with Crippen LogP contribution in [-0.4, -0.2) is 15.9 Å². The summed E-state index contributed by atoms with van der Waals surface area (Å²) >= 11 is 0. The Balaban J connectivity index is 2.26. The van der Waals surface area contributed by atoms with Gasteiger partial charge in [0.2, 0.25) is 0 Å². The minimum Gasteiger partial charge on any atom is -0.321 e. The Morgan fingerprint density at radius 1 is 1.06 bits per heavy atom. The zero-order chi connectivity index (χ0) is 12.3. The van der Waals surface area contributed by atoms with Gasteiger partial charge in [-0.3, -0.25) is 14.6 Å². The Kier molecular flexibility index (Phi) is 2.87. The Bertz CT molecular complexity index is 615. The van der Waals surface area contributed by atoms with Gasteiger partial charge in [0.25, 0.3) is 11.5 Å². The van der Waals surface area contributed by atoms with Crippen molar-refractivity contribution >= 4 is 11.6 Å². The van der Waals surface area contributed by atoms with Crippen molar-refractivity contribution in [3.8, 4) is 0 Å². The van der Waals surface area contributed by atoms with E-state index < -0.39 is 17.2 Å². The van der Waals surface area contributed by atoms with Crippen molar-refractivity contribution in [2.75, 3.05) is 5.32 Å². The average molecular weight is 231 g/mol. The van der Waals surface area contributed by atoms with Gasteiger partial charge in [0, 0.05) is 11.8 Å². The first-order chi connectivity index (χ1) is 8.15. The van der Waals surface area contributed by atoms with Crippen molar-refractivity contribution in [1.29, 1.82) is 0 Å². The molecular weight excluding hydrogens is 222 g/mol. The minimum absolute atomic E-state index is 0.0809. The van der Waals surface area contributed by atoms with Crippen LogP contribution in [0.25, 0.3) is 0 Å². The number of nitrogens with one attached hydrogen (secondary N) is 3. The number of para-hydroxylation sites is 1. The Hall–Kier alpha value is -2.63. The molecule has 1 heterocycles. The fourth-order valence-electron chi connectivity index (χ4n) is 1.31. The number of carbonyl (C=O) groups is 1. The fraction of sp³-hybridized carbons (Fsp3) is 0. The SMILES string of the molecule is O=C(Nc1ccccc1)c1cc(=O)[nH]c(=O)[nH]1. The Morgan fingerprint density at radius 3 is 2.41 bits per heavy atom. The third kappa shape index (κ3) is 2.69. The second-order valence-corrected chi connectivity index (χ2v) is 3.32. The molecular formula is C11H9N3O3. The van der Waals surface area contributed by atoms with Crippen LogP contribution in [0, 0.1) is 0 Å². The molecule has 0 atom stereocenters. The van der Waals surface area contributed by atoms with E-state index in [-0.39, 0.29) is 5.69 Å². The van der Waals surface area contributed by atoms with E-state index in [9.17, 15) is 14.4 Å². The molecule has 6 heteroatoms. The minimum atomic E-state index is -0.712. The van der Waals surface area contributed by atoms with Crippen LogP contribution in [0.1, 0.15) is 10.5 Å². The van der Waals surface area contributed by atoms with E-state index in [4.69, 9.17) is 0 Å². The molecule has 0 saturated heterocycles. The van der Waals surface area contributed by atoms with Crippen LogP contribution in [0.2, 0.25) is 0 Å². The standard InChI is InChI=1S/C11H9N3O3/c15-9-6-8(13-11(17)14-9)10(16)12-7-4-2-1-3-5-7/h1-6H,(H,12,16)(H2,13,14,15,17). The monoisotopic (exact) mass is 231 g/mol. The number of carbonyl (C=O) groups excluding carboxylic acids is 1. The van der Waals surface area contributed by atoms with Gasteiger partial charge >= 0.3 is 5.69 Å². The van der Waals surface area contributed by atoms with Gasteiger partial charge in [-0.05, 0) is 12.1 Å². The predicted octanol–water partition coefficient (Wildman–Crippen LogP) is 0.315. The summed E-state index contributed by atoms with van der Waals surface area (Å²) in [5.74, 6) is -0.542. The number of aromatic nitrogens is 2. The van der Waals surface area contributed by atoms with Crippen LogP contribution in [0.15, 0.2) is 46.0 Å². The second-order valence-electron chi connectivity index (χ2n) is 3.32. The number of hydrogen-bond donors (Lipinski definition) is 3. The van der Waals surface area contributed by atoms with Crippen molar-refractivity contribution < 1.29 is 4.79 Å². The van der Waals surface area contributed by atoms with Gasteiger partial charge in [-0.25, -0.2) is 4.79 Å². The molecule has 0 saturated carbocycles. The van der Waals surface area contributed by atoms with E-state index >= 15 is 0 Å². The van der Waals surface area contributed by atoms with Gasteiger partial charge in [0.15, 0.2) is 0 Å². The quantitative estimate of drug-likeness (QED) is 0.694. The summed E-state index contributed by atoms with van der Waals surface area (Å²) in [5.41, 5.74) is -0.830. The molecule has 1 aromatic heterocycles. The van der Waals surface area contributed by atoms with Crippen LogP contribution in [0.5, 0.6) is 0 Å². The smallest absolute Gasteiger partial charge is 0.321 e. The Morgan fingerprint density at radius 2 is 1.76 bits per heavy atom. The van der Waals surface area contributed by atoms with Crippen LogP contribution < -0.4 is 16.6 Å². The molecule has 1 aromatic carbocycles. The van der Waals surface area contributed by atoms with Crippen molar-refractivity contribution in [3.63, 3.8) is 0 Å². The topological polar surface area (TPSA) is 94.8 Å². The number of H-pyrrole nitrogens is 2. The molecule has 17 heavy (non-hydrogen) atoms. The molecule has 0 radical (unpaired) electrons. The van der Waals surface area contributed by atoms with Gasteiger partial charge in [-0.1, -0.05) is 18.2 Å². The molecule has 1 amide bonds. The first kappa shape index (κ1) is 10.9. The molecule has 3 N–H and O–H groups in total. The van der Waals surface area contributed by atoms with Crippen molar-refractivity contribution in [3.05, 3.63) is 62.9 Å². The van der Waals surface area contributed by atoms with Gasteiger partial charge in [0.05, 0.1) is 0 Å². The van der Waals surface area contributed by atoms with E-state index in [1.165, 1.54) is 0 Å². The lowest BCUT2D eigenvalue weighted by Crippen LogP contribution is -2.27. The highest BCUT2D eigenvalue weighted by Gasteiger charge is 2.07. The first-order valence-electron chi connectivity index (χ1n) is 4.85. The number of benzene rings is 1. The third-order valence-corrected chi connectivity index (χ3v) is 2.04. The first-order valence-corrected chi connectivity index (χ1v) is 4.85. The maximum atomic E-state index is 11.7. The largest absolute Gasteiger partial charge is 0.326 e. The molecule has 2 rings (SSSR count). The normalized spacial score (nSPS) is 9.88. The van der Waals surface area contributed by atoms with E-state index in [0.717, 1.165) is 6.07 Å². The van der Waals surface area contributed by atoms with Gasteiger partial charge in [-0.2, -0.15) is 0 Å². The molecule has 0 aliphatic heterocycles. The fourth-order valence-corrected chi connectivity index (χ4v) is 1.31. The highest BCUT2D eigenvalue weighted by Crippen LogP contribution is 2.05. The van der Waals surface area contributed by atoms with Crippen molar-refractivity contribution in [1.82, 2.24) is 9.97 Å². The number of amides is 1. The van der Waals surface area contributed by atoms with Crippen LogP contribution >= 0.6 is 0 Å². The number of rotatable bonds is 2. The van der Waals surface area contributed by atoms with E-state index in [0.29, 0.717) is 5.69 Å². The second kappa shape index (κ2) is 4.48. The molecule has 86 valence electrons. The van der Waals surface area contributed by atoms with Gasteiger partial charge in [0.1, 0.15) is 5.69 Å². The highest BCUT2D eigenvalue weighted by atomic mass is 16.2. The van der Waals surface area contributed by atoms with Crippen LogP contribution in [0.4, 0.5) is 5.69 Å². The number of hydrogen-bond acceptors (Lipinski definition) is 3. The van der Waals surface area contributed by atoms with E-state index in [1.54, 1.807) is 24.3 Å². The lowest BCUT2D eigenvalue weighted by molar-refractivity contribution is 0.102. The molecule has 6 nitrogen and oxygen atoms in total. The lowest BCUT2D eigenvalue weighted by Gasteiger charge is -2.03. The zero-order valence-corrected chi connectivity index (χ0v) is 8.69. The maximum absolute atomic E-state index is 11.7. The summed E-state index contributed by atoms with van der Waals surface area (Å²) in [4.78, 5) is 37.9. The van der Waals surface area contributed by atoms with E-state index in [2.05, 4.69) is 10.3 Å². The molecule has 0 fully saturated rings. The van der Waals surface area contributed by atoms with Crippen molar-refractivity contribution in [2.45, 2.75) is 0 Å². The lowest BCUT2D eigenvalue weighted by atomic mass is 10.3. The molecule has 0 aliphatic carbocycles. The highest BCUT2D eigenvalue weighted by molar-refractivity contribution is 6.02. The van der Waals surface area contributed by atoms with Gasteiger partial charge < -0.3 is 10.3 Å². The predicted molar refractivity (Wildman–Crippen MR) is 62.1 cm³/mol. The van der Waals surface area contributed by atoms with Gasteiger partial charge in [-0.15, -0.1) is 0 Å². The van der Waals surface area contributed by atoms with Crippen LogP contribution in [-0.2, 0) is 0 Å². The summed E-state index contributed by atoms with van der Waals surface area (Å²) in [7, 11) is 0. The molecule has 0 spiro atoms. The number of anilines is 1. The molecule has 0 bridgehead atoms. The summed E-state index contributed by atoms with van der Waals surface area (Å²) in [6.07, 6.45) is 0. The maximum Gasteiger partial charge on any atom is 0.326 e. The number of aromatic amines is 2. The molecule has 2 aromatic rings. The summed E-state index contributed by atoms with van der Waals surface area (Å²) in [6, 6.07) is 9.75. The van der Waals surface area contributed by atoms with E-state index in [1.807, 2.05) is 11.1 Å². The third-order valence-electron chi connectivity index (χ3n) is 2.04. The molecule has 0 unspecified atom stereocenters. The summed E-state index contributed by atoms with van der Waals surface area (Å²) < 4.78 is 0. The Labute approximate surface area is 95.3 Å². The zero-order valence-electron chi connectivity index (χ0n) is 8.69. The summed E-state index contributed by atoms with van der Waals surface area (Å²) in [5, 5.41) is 2.55. The van der Waals surface area contributed by atoms with Crippen LogP contribution in [0.3, 0.4) is 0 Å². The molecule has 0 aliphatic rings.